The second-order valence-corrected chi connectivity index (χ2v) is 4.97. The van der Waals surface area contributed by atoms with E-state index in [-0.39, 0.29) is 18.2 Å². The van der Waals surface area contributed by atoms with Crippen molar-refractivity contribution in [2.45, 2.75) is 25.4 Å². The zero-order valence-electron chi connectivity index (χ0n) is 10.6. The maximum Gasteiger partial charge on any atom is 0.305 e. The van der Waals surface area contributed by atoms with Crippen molar-refractivity contribution in [2.24, 2.45) is 5.92 Å². The lowest BCUT2D eigenvalue weighted by molar-refractivity contribution is -0.140. The first kappa shape index (κ1) is 13.8. The lowest BCUT2D eigenvalue weighted by atomic mass is 9.89. The highest BCUT2D eigenvalue weighted by Crippen LogP contribution is 2.26. The zero-order valence-corrected chi connectivity index (χ0v) is 10.6. The van der Waals surface area contributed by atoms with Crippen molar-refractivity contribution in [2.75, 3.05) is 18.0 Å². The van der Waals surface area contributed by atoms with Crippen LogP contribution in [0.1, 0.15) is 19.3 Å². The fourth-order valence-corrected chi connectivity index (χ4v) is 2.54. The largest absolute Gasteiger partial charge is 0.481 e. The van der Waals surface area contributed by atoms with Gasteiger partial charge in [0, 0.05) is 18.8 Å². The minimum absolute atomic E-state index is 0.0350. The molecule has 2 N–H and O–H groups in total. The number of carboxylic acids is 1. The lowest BCUT2D eigenvalue weighted by Crippen LogP contribution is -2.38. The number of aliphatic hydroxyl groups is 1. The Hall–Kier alpha value is -1.62. The van der Waals surface area contributed by atoms with Crippen LogP contribution in [0.3, 0.4) is 0 Å². The molecule has 1 saturated heterocycles. The van der Waals surface area contributed by atoms with Crippen LogP contribution in [-0.4, -0.2) is 35.4 Å². The summed E-state index contributed by atoms with van der Waals surface area (Å²) in [5, 5.41) is 18.5. The molecule has 1 heterocycles. The first-order valence-electron chi connectivity index (χ1n) is 6.46. The van der Waals surface area contributed by atoms with E-state index in [2.05, 4.69) is 4.90 Å². The Bertz CT molecular complexity index is 427. The molecule has 19 heavy (non-hydrogen) atoms. The first-order valence-corrected chi connectivity index (χ1v) is 6.46. The van der Waals surface area contributed by atoms with E-state index >= 15 is 0 Å². The molecule has 0 aliphatic carbocycles. The predicted octanol–water partition coefficient (Wildman–Crippen LogP) is 1.88. The van der Waals surface area contributed by atoms with Crippen molar-refractivity contribution >= 4 is 11.7 Å². The highest BCUT2D eigenvalue weighted by Gasteiger charge is 2.26. The number of hydrogen-bond donors (Lipinski definition) is 2. The molecule has 1 aromatic rings. The van der Waals surface area contributed by atoms with E-state index in [1.165, 1.54) is 12.1 Å². The molecule has 0 spiro atoms. The molecule has 0 amide bonds. The summed E-state index contributed by atoms with van der Waals surface area (Å²) in [4.78, 5) is 12.7. The van der Waals surface area contributed by atoms with Crippen LogP contribution in [0.25, 0.3) is 0 Å². The zero-order chi connectivity index (χ0) is 13.8. The molecule has 1 unspecified atom stereocenters. The molecular formula is C14H18FNO3. The van der Waals surface area contributed by atoms with Gasteiger partial charge < -0.3 is 15.1 Å². The Labute approximate surface area is 111 Å². The molecule has 1 aliphatic rings. The van der Waals surface area contributed by atoms with Crippen LogP contribution >= 0.6 is 0 Å². The summed E-state index contributed by atoms with van der Waals surface area (Å²) in [6.45, 7) is 1.51. The third-order valence-corrected chi connectivity index (χ3v) is 3.66. The van der Waals surface area contributed by atoms with Gasteiger partial charge >= 0.3 is 5.97 Å². The molecule has 2 rings (SSSR count). The Balaban J connectivity index is 1.88. The van der Waals surface area contributed by atoms with Crippen molar-refractivity contribution in [3.05, 3.63) is 30.1 Å². The molecule has 4 nitrogen and oxygen atoms in total. The minimum atomic E-state index is -0.964. The number of carbonyl (C=O) groups is 1. The standard InChI is InChI=1S/C14H18FNO3/c15-11-1-3-12(4-2-11)16-7-5-10(6-8-16)13(17)9-14(18)19/h1-4,10,13,17H,5-9H2,(H,18,19). The van der Waals surface area contributed by atoms with Crippen molar-refractivity contribution in [1.29, 1.82) is 0 Å². The van der Waals surface area contributed by atoms with Crippen LogP contribution in [0.2, 0.25) is 0 Å². The highest BCUT2D eigenvalue weighted by atomic mass is 19.1. The summed E-state index contributed by atoms with van der Waals surface area (Å²) in [7, 11) is 0. The maximum atomic E-state index is 12.8. The second kappa shape index (κ2) is 6.02. The summed E-state index contributed by atoms with van der Waals surface area (Å²) >= 11 is 0. The fraction of sp³-hybridized carbons (Fsp3) is 0.500. The molecule has 0 aromatic heterocycles. The van der Waals surface area contributed by atoms with E-state index in [0.717, 1.165) is 31.6 Å². The number of anilines is 1. The summed E-state index contributed by atoms with van der Waals surface area (Å²) < 4.78 is 12.8. The number of hydrogen-bond acceptors (Lipinski definition) is 3. The average Bonchev–Trinajstić information content (AvgIpc) is 2.39. The van der Waals surface area contributed by atoms with Crippen LogP contribution in [-0.2, 0) is 4.79 Å². The van der Waals surface area contributed by atoms with E-state index in [9.17, 15) is 14.3 Å². The minimum Gasteiger partial charge on any atom is -0.481 e. The van der Waals surface area contributed by atoms with Gasteiger partial charge in [-0.1, -0.05) is 0 Å². The normalized spacial score (nSPS) is 18.3. The predicted molar refractivity (Wildman–Crippen MR) is 69.6 cm³/mol. The van der Waals surface area contributed by atoms with E-state index < -0.39 is 12.1 Å². The number of aliphatic carboxylic acids is 1. The molecule has 0 bridgehead atoms. The third kappa shape index (κ3) is 3.67. The first-order chi connectivity index (χ1) is 9.06. The molecule has 5 heteroatoms. The van der Waals surface area contributed by atoms with Gasteiger partial charge in [0.1, 0.15) is 5.82 Å². The van der Waals surface area contributed by atoms with Crippen LogP contribution in [0.5, 0.6) is 0 Å². The van der Waals surface area contributed by atoms with E-state index in [1.807, 2.05) is 0 Å². The SMILES string of the molecule is O=C(O)CC(O)C1CCN(c2ccc(F)cc2)CC1. The smallest absolute Gasteiger partial charge is 0.305 e. The van der Waals surface area contributed by atoms with E-state index in [4.69, 9.17) is 5.11 Å². The quantitative estimate of drug-likeness (QED) is 0.874. The Morgan fingerprint density at radius 2 is 1.89 bits per heavy atom. The van der Waals surface area contributed by atoms with Gasteiger partial charge in [-0.15, -0.1) is 0 Å². The molecule has 1 aromatic carbocycles. The van der Waals surface area contributed by atoms with Gasteiger partial charge in [0.05, 0.1) is 12.5 Å². The maximum absolute atomic E-state index is 12.8. The number of benzene rings is 1. The third-order valence-electron chi connectivity index (χ3n) is 3.66. The van der Waals surface area contributed by atoms with Gasteiger partial charge in [-0.25, -0.2) is 4.39 Å². The summed E-state index contributed by atoms with van der Waals surface area (Å²) in [6.07, 6.45) is 0.548. The molecule has 1 atom stereocenters. The number of piperidine rings is 1. The lowest BCUT2D eigenvalue weighted by Gasteiger charge is -2.35. The van der Waals surface area contributed by atoms with Gasteiger partial charge in [-0.3, -0.25) is 4.79 Å². The Kier molecular flexibility index (Phi) is 4.37. The highest BCUT2D eigenvalue weighted by molar-refractivity contribution is 5.67. The van der Waals surface area contributed by atoms with Crippen molar-refractivity contribution in [3.63, 3.8) is 0 Å². The molecule has 1 aliphatic heterocycles. The molecule has 1 fully saturated rings. The number of halogens is 1. The summed E-state index contributed by atoms with van der Waals surface area (Å²) in [6, 6.07) is 6.34. The van der Waals surface area contributed by atoms with Gasteiger partial charge in [0.2, 0.25) is 0 Å². The fourth-order valence-electron chi connectivity index (χ4n) is 2.54. The molecule has 0 radical (unpaired) electrons. The van der Waals surface area contributed by atoms with Crippen LogP contribution in [0.15, 0.2) is 24.3 Å². The van der Waals surface area contributed by atoms with Crippen molar-refractivity contribution < 1.29 is 19.4 Å². The van der Waals surface area contributed by atoms with Crippen LogP contribution in [0.4, 0.5) is 10.1 Å². The summed E-state index contributed by atoms with van der Waals surface area (Å²) in [5.74, 6) is -1.18. The van der Waals surface area contributed by atoms with Gasteiger partial charge in [0.15, 0.2) is 0 Å². The Morgan fingerprint density at radius 3 is 2.42 bits per heavy atom. The molecule has 0 saturated carbocycles. The van der Waals surface area contributed by atoms with Crippen molar-refractivity contribution in [3.8, 4) is 0 Å². The second-order valence-electron chi connectivity index (χ2n) is 4.97. The Morgan fingerprint density at radius 1 is 1.32 bits per heavy atom. The van der Waals surface area contributed by atoms with Crippen LogP contribution < -0.4 is 4.90 Å². The number of rotatable bonds is 4. The van der Waals surface area contributed by atoms with Crippen molar-refractivity contribution in [1.82, 2.24) is 0 Å². The van der Waals surface area contributed by atoms with E-state index in [0.29, 0.717) is 0 Å². The van der Waals surface area contributed by atoms with Gasteiger partial charge in [-0.2, -0.15) is 0 Å². The monoisotopic (exact) mass is 267 g/mol. The van der Waals surface area contributed by atoms with Gasteiger partial charge in [0.25, 0.3) is 0 Å². The number of nitrogens with zero attached hydrogens (tertiary/aromatic N) is 1. The van der Waals surface area contributed by atoms with Crippen LogP contribution in [0, 0.1) is 11.7 Å². The summed E-state index contributed by atoms with van der Waals surface area (Å²) in [5.41, 5.74) is 0.965. The average molecular weight is 267 g/mol. The van der Waals surface area contributed by atoms with E-state index in [1.54, 1.807) is 12.1 Å². The number of aliphatic hydroxyl groups excluding tert-OH is 1. The molecular weight excluding hydrogens is 249 g/mol. The number of carboxylic acid groups (broad SMARTS) is 1. The topological polar surface area (TPSA) is 60.8 Å². The van der Waals surface area contributed by atoms with Gasteiger partial charge in [-0.05, 0) is 43.0 Å². The molecule has 104 valence electrons.